The molecule has 0 spiro atoms. The second kappa shape index (κ2) is 8.04. The molecular formula is C24H29F2IN5-. The van der Waals surface area contributed by atoms with Crippen molar-refractivity contribution in [1.82, 2.24) is 20.4 Å². The molecule has 8 heteroatoms. The van der Waals surface area contributed by atoms with Gasteiger partial charge in [-0.15, -0.1) is 0 Å². The van der Waals surface area contributed by atoms with E-state index in [-0.39, 0.29) is 11.0 Å². The Morgan fingerprint density at radius 1 is 1.22 bits per heavy atom. The van der Waals surface area contributed by atoms with Crippen molar-refractivity contribution in [3.8, 4) is 11.3 Å². The molecule has 0 saturated carbocycles. The van der Waals surface area contributed by atoms with Crippen LogP contribution in [0.4, 0.5) is 8.78 Å². The third-order valence-corrected chi connectivity index (χ3v) is 15.7. The van der Waals surface area contributed by atoms with Crippen molar-refractivity contribution in [3.63, 3.8) is 0 Å². The first-order valence-corrected chi connectivity index (χ1v) is 18.1. The first kappa shape index (κ1) is 21.7. The van der Waals surface area contributed by atoms with Crippen LogP contribution in [0.2, 0.25) is 0 Å². The molecule has 1 fully saturated rings. The van der Waals surface area contributed by atoms with Gasteiger partial charge in [0.25, 0.3) is 0 Å². The molecule has 172 valence electrons. The van der Waals surface area contributed by atoms with Crippen molar-refractivity contribution >= 4 is 5.96 Å². The number of nitrogens with zero attached hydrogens (tertiary/aromatic N) is 4. The molecular weight excluding hydrogens is 523 g/mol. The van der Waals surface area contributed by atoms with Crippen LogP contribution < -0.4 is 23.8 Å². The summed E-state index contributed by atoms with van der Waals surface area (Å²) in [5.74, 6) is -0.288. The summed E-state index contributed by atoms with van der Waals surface area (Å²) in [5.41, 5.74) is 2.33. The van der Waals surface area contributed by atoms with Gasteiger partial charge in [0.15, 0.2) is 0 Å². The van der Waals surface area contributed by atoms with Crippen LogP contribution >= 0.6 is 0 Å². The van der Waals surface area contributed by atoms with Gasteiger partial charge in [-0.25, -0.2) is 0 Å². The topological polar surface area (TPSA) is 53.4 Å². The van der Waals surface area contributed by atoms with Crippen LogP contribution in [-0.4, -0.2) is 55.0 Å². The van der Waals surface area contributed by atoms with Gasteiger partial charge in [0.1, 0.15) is 0 Å². The molecule has 32 heavy (non-hydrogen) atoms. The molecule has 1 unspecified atom stereocenters. The number of hydrogen-bond acceptors (Lipinski definition) is 5. The van der Waals surface area contributed by atoms with Gasteiger partial charge in [-0.1, -0.05) is 0 Å². The van der Waals surface area contributed by atoms with Crippen LogP contribution in [0.5, 0.6) is 0 Å². The van der Waals surface area contributed by atoms with Crippen LogP contribution in [0.15, 0.2) is 41.5 Å². The molecule has 5 nitrogen and oxygen atoms in total. The number of nitrogens with one attached hydrogen (secondary N) is 1. The normalized spacial score (nSPS) is 26.2. The number of fused-ring (bicyclic) bond motifs is 2. The predicted molar refractivity (Wildman–Crippen MR) is 120 cm³/mol. The van der Waals surface area contributed by atoms with Gasteiger partial charge in [-0.05, 0) is 0 Å². The molecule has 1 saturated heterocycles. The minimum atomic E-state index is -2.13. The number of likely N-dealkylation sites (N-methyl/N-ethyl adjacent to an activating group) is 1. The fourth-order valence-electron chi connectivity index (χ4n) is 5.56. The van der Waals surface area contributed by atoms with Crippen molar-refractivity contribution in [1.29, 1.82) is 0 Å². The van der Waals surface area contributed by atoms with Gasteiger partial charge in [-0.3, -0.25) is 0 Å². The average molecular weight is 552 g/mol. The van der Waals surface area contributed by atoms with E-state index in [1.54, 1.807) is 0 Å². The van der Waals surface area contributed by atoms with Gasteiger partial charge in [0.05, 0.1) is 0 Å². The number of aliphatic imine (C=N–C) groups is 1. The van der Waals surface area contributed by atoms with Gasteiger partial charge in [-0.2, -0.15) is 0 Å². The second-order valence-corrected chi connectivity index (χ2v) is 20.1. The Morgan fingerprint density at radius 2 is 2.00 bits per heavy atom. The van der Waals surface area contributed by atoms with E-state index in [0.29, 0.717) is 16.2 Å². The van der Waals surface area contributed by atoms with Crippen LogP contribution in [0.25, 0.3) is 11.3 Å². The summed E-state index contributed by atoms with van der Waals surface area (Å²) in [6.07, 6.45) is 6.13. The Kier molecular flexibility index (Phi) is 5.46. The molecule has 1 N–H and O–H groups in total. The van der Waals surface area contributed by atoms with Gasteiger partial charge < -0.3 is 0 Å². The zero-order valence-electron chi connectivity index (χ0n) is 18.7. The van der Waals surface area contributed by atoms with E-state index in [1.807, 2.05) is 18.3 Å². The Labute approximate surface area is 191 Å². The third kappa shape index (κ3) is 3.50. The molecule has 6 rings (SSSR count). The van der Waals surface area contributed by atoms with E-state index in [4.69, 9.17) is 0 Å². The van der Waals surface area contributed by atoms with Crippen LogP contribution in [0, 0.1) is 11.6 Å². The molecule has 0 amide bonds. The zero-order chi connectivity index (χ0) is 22.5. The summed E-state index contributed by atoms with van der Waals surface area (Å²) in [4.78, 5) is 11.9. The van der Waals surface area contributed by atoms with Crippen LogP contribution in [0.1, 0.15) is 34.9 Å². The second-order valence-electron chi connectivity index (χ2n) is 9.28. The zero-order valence-corrected chi connectivity index (χ0v) is 20.9. The number of benzene rings is 1. The van der Waals surface area contributed by atoms with E-state index in [2.05, 4.69) is 42.2 Å². The van der Waals surface area contributed by atoms with Gasteiger partial charge >= 0.3 is 192 Å². The van der Waals surface area contributed by atoms with Crippen molar-refractivity contribution < 1.29 is 27.2 Å². The number of guanidine groups is 1. The monoisotopic (exact) mass is 552 g/mol. The minimum absolute atomic E-state index is 0.0783. The van der Waals surface area contributed by atoms with E-state index in [0.717, 1.165) is 37.6 Å². The molecule has 4 heterocycles. The Bertz CT molecular complexity index is 1100. The fourth-order valence-corrected chi connectivity index (χ4v) is 15.1. The number of alkyl halides is 4. The van der Waals surface area contributed by atoms with Crippen molar-refractivity contribution in [2.24, 2.45) is 4.99 Å². The molecule has 1 aromatic carbocycles. The summed E-state index contributed by atoms with van der Waals surface area (Å²) in [5, 5.41) is 12.3. The van der Waals surface area contributed by atoms with E-state index >= 15 is 0 Å². The number of hydrogen-bond donors (Lipinski definition) is 1. The predicted octanol–water partition coefficient (Wildman–Crippen LogP) is 0.723. The molecule has 2 aromatic rings. The first-order chi connectivity index (χ1) is 15.3. The summed E-state index contributed by atoms with van der Waals surface area (Å²) >= 11 is -2.13. The Balaban J connectivity index is 1.59. The maximum atomic E-state index is 14.5. The SMILES string of the molecule is CCN(C[C@@]12CCC(c3cc(-c4c(F)cccc4F)nnc31)[I-](C)(C)C2)C1=NCC=CN1. The maximum absolute atomic E-state index is 14.5. The molecule has 2 bridgehead atoms. The number of aromatic nitrogens is 2. The summed E-state index contributed by atoms with van der Waals surface area (Å²) in [7, 11) is 0. The summed E-state index contributed by atoms with van der Waals surface area (Å²) < 4.78 is 30.6. The Morgan fingerprint density at radius 3 is 2.66 bits per heavy atom. The average Bonchev–Trinajstić information content (AvgIpc) is 2.77. The Hall–Kier alpha value is -2.10. The van der Waals surface area contributed by atoms with Crippen molar-refractivity contribution in [2.45, 2.75) is 29.1 Å². The number of rotatable bonds is 4. The van der Waals surface area contributed by atoms with Crippen LogP contribution in [0.3, 0.4) is 0 Å². The number of halogens is 3. The van der Waals surface area contributed by atoms with Crippen molar-refractivity contribution in [2.75, 3.05) is 33.9 Å². The summed E-state index contributed by atoms with van der Waals surface area (Å²) in [6.45, 7) is 4.51. The standard InChI is InChI=1S/C24H29F2IN5/c1-4-32(23-28-11-6-12-29-23)15-24-10-9-19(27(2,3)14-24)16-13-20(30-31-22(16)24)21-17(25)7-5-8-18(21)26/h5-8,11,13,19H,4,9-10,12,14-15H2,1-3H3,(H,28,29)/q-1/t19?,24-/m0/s1. The quantitative estimate of drug-likeness (QED) is 0.449. The molecule has 1 aromatic heterocycles. The summed E-state index contributed by atoms with van der Waals surface area (Å²) in [6, 6.07) is 5.87. The van der Waals surface area contributed by atoms with Gasteiger partial charge in [0.2, 0.25) is 0 Å². The molecule has 1 aliphatic carbocycles. The van der Waals surface area contributed by atoms with E-state index in [9.17, 15) is 8.78 Å². The van der Waals surface area contributed by atoms with E-state index in [1.165, 1.54) is 28.2 Å². The molecule has 2 atom stereocenters. The first-order valence-electron chi connectivity index (χ1n) is 11.0. The van der Waals surface area contributed by atoms with E-state index < -0.39 is 30.1 Å². The van der Waals surface area contributed by atoms with Crippen LogP contribution in [-0.2, 0) is 5.41 Å². The fraction of sp³-hybridized carbons (Fsp3) is 0.458. The molecule has 3 aliphatic heterocycles. The molecule has 4 aliphatic rings. The van der Waals surface area contributed by atoms with Crippen molar-refractivity contribution in [3.05, 3.63) is 59.4 Å². The third-order valence-electron chi connectivity index (χ3n) is 6.92. The van der Waals surface area contributed by atoms with Gasteiger partial charge in [0, 0.05) is 0 Å². The molecule has 0 radical (unpaired) electrons.